The maximum Gasteiger partial charge on any atom is 2.00 e. The number of hydrogen-bond donors (Lipinski definition) is 0. The summed E-state index contributed by atoms with van der Waals surface area (Å²) in [7, 11) is 2.15. The van der Waals surface area contributed by atoms with E-state index in [1.54, 1.807) is 0 Å². The number of nitrogens with zero attached hydrogens (tertiary/aromatic N) is 5. The van der Waals surface area contributed by atoms with E-state index in [0.717, 1.165) is 96.7 Å². The zero-order valence-electron chi connectivity index (χ0n) is 40.3. The molecule has 0 saturated heterocycles. The van der Waals surface area contributed by atoms with Crippen molar-refractivity contribution >= 4 is 61.5 Å². The minimum Gasteiger partial charge on any atom is -0.357 e. The largest absolute Gasteiger partial charge is 2.00 e. The van der Waals surface area contributed by atoms with Crippen LogP contribution >= 0.6 is 0 Å². The zero-order chi connectivity index (χ0) is 48.0. The number of para-hydroxylation sites is 4. The van der Waals surface area contributed by atoms with Crippen molar-refractivity contribution in [3.05, 3.63) is 261 Å². The van der Waals surface area contributed by atoms with Crippen molar-refractivity contribution in [3.63, 3.8) is 0 Å². The molecule has 5 nitrogen and oxygen atoms in total. The molecule has 0 fully saturated rings. The van der Waals surface area contributed by atoms with Gasteiger partial charge in [0.25, 0.3) is 0 Å². The minimum atomic E-state index is 0. The maximum atomic E-state index is 5.22. The fourth-order valence-corrected chi connectivity index (χ4v) is 10.9. The predicted octanol–water partition coefficient (Wildman–Crippen LogP) is 17.2. The molecule has 9 aromatic carbocycles. The molecule has 352 valence electrons. The third kappa shape index (κ3) is 8.26. The molecule has 0 N–H and O–H groups in total. The first-order valence-electron chi connectivity index (χ1n) is 24.8. The van der Waals surface area contributed by atoms with Gasteiger partial charge < -0.3 is 19.3 Å². The molecule has 2 aliphatic rings. The number of rotatable bonds is 10. The van der Waals surface area contributed by atoms with Crippen LogP contribution < -0.4 is 14.7 Å². The van der Waals surface area contributed by atoms with E-state index in [9.17, 15) is 0 Å². The summed E-state index contributed by atoms with van der Waals surface area (Å²) in [5.74, 6) is 0.824. The van der Waals surface area contributed by atoms with Gasteiger partial charge in [0, 0.05) is 29.9 Å². The van der Waals surface area contributed by atoms with Crippen LogP contribution in [0.25, 0.3) is 77.7 Å². The van der Waals surface area contributed by atoms with Crippen molar-refractivity contribution in [2.45, 2.75) is 12.8 Å². The fraction of sp³-hybridized carbons (Fsp3) is 0.0597. The van der Waals surface area contributed by atoms with Crippen molar-refractivity contribution in [2.24, 2.45) is 0 Å². The Morgan fingerprint density at radius 2 is 1.14 bits per heavy atom. The zero-order valence-corrected chi connectivity index (χ0v) is 42.5. The Labute approximate surface area is 441 Å². The Hall–Kier alpha value is -8.50. The summed E-state index contributed by atoms with van der Waals surface area (Å²) < 4.78 is 2.31. The van der Waals surface area contributed by atoms with E-state index in [0.29, 0.717) is 6.67 Å². The molecular formula is C67H49N5Pt. The van der Waals surface area contributed by atoms with Gasteiger partial charge in [0.15, 0.2) is 0 Å². The number of aromatic nitrogens is 2. The van der Waals surface area contributed by atoms with E-state index in [2.05, 4.69) is 275 Å². The predicted molar refractivity (Wildman–Crippen MR) is 301 cm³/mol. The van der Waals surface area contributed by atoms with Gasteiger partial charge in [-0.1, -0.05) is 199 Å². The van der Waals surface area contributed by atoms with Crippen molar-refractivity contribution in [1.82, 2.24) is 9.55 Å². The van der Waals surface area contributed by atoms with Crippen molar-refractivity contribution < 1.29 is 21.1 Å². The van der Waals surface area contributed by atoms with Gasteiger partial charge >= 0.3 is 21.1 Å². The number of anilines is 6. The van der Waals surface area contributed by atoms with Crippen LogP contribution in [0.3, 0.4) is 0 Å². The Kier molecular flexibility index (Phi) is 12.2. The van der Waals surface area contributed by atoms with Gasteiger partial charge in [-0.05, 0) is 93.1 Å². The summed E-state index contributed by atoms with van der Waals surface area (Å²) in [6, 6.07) is 86.4. The molecule has 0 unspecified atom stereocenters. The first-order valence-corrected chi connectivity index (χ1v) is 24.8. The molecule has 0 spiro atoms. The normalized spacial score (nSPS) is 13.0. The molecule has 3 heterocycles. The second-order valence-corrected chi connectivity index (χ2v) is 18.6. The first-order chi connectivity index (χ1) is 35.7. The van der Waals surface area contributed by atoms with Gasteiger partial charge in [0.1, 0.15) is 5.82 Å². The molecule has 1 aliphatic heterocycles. The molecule has 73 heavy (non-hydrogen) atoms. The summed E-state index contributed by atoms with van der Waals surface area (Å²) in [6.07, 6.45) is 10.7. The molecule has 11 aromatic rings. The Morgan fingerprint density at radius 3 is 1.85 bits per heavy atom. The van der Waals surface area contributed by atoms with Gasteiger partial charge in [0.2, 0.25) is 0 Å². The molecular weight excluding hydrogens is 1070 g/mol. The monoisotopic (exact) mass is 1120 g/mol. The molecule has 0 amide bonds. The third-order valence-corrected chi connectivity index (χ3v) is 14.2. The molecule has 2 aromatic heterocycles. The number of hydrogen-bond acceptors (Lipinski definition) is 4. The number of fused-ring (bicyclic) bond motifs is 4. The molecule has 0 saturated carbocycles. The summed E-state index contributed by atoms with van der Waals surface area (Å²) in [6.45, 7) is 0.714. The summed E-state index contributed by atoms with van der Waals surface area (Å²) in [5.41, 5.74) is 19.9. The number of allylic oxidation sites excluding steroid dienone is 4. The molecule has 0 atom stereocenters. The van der Waals surface area contributed by atoms with E-state index in [4.69, 9.17) is 4.98 Å². The molecule has 1 aliphatic carbocycles. The van der Waals surface area contributed by atoms with Crippen LogP contribution in [0.15, 0.2) is 243 Å². The standard InChI is InChI=1S/C67H49N5.Pt/c1-69-46-70(63-38-17-16-37-62(63)69)52-29-18-30-53(44-52)71(67-57(49-25-10-4-11-26-49)34-20-35-58(67)50-27-12-5-13-28-50)54-39-40-60-59-31-14-15-36-61(59)72(64(60)45-54)65-43-51(41-42-68-65)66-55(47-21-6-2-7-22-47)32-19-33-56(66)48-23-8-3-9-24-48;/h2-8,10-23,25-43H,9,24,46H2,1H3;/q-2;+2. The van der Waals surface area contributed by atoms with Gasteiger partial charge in [-0.2, -0.15) is 12.1 Å². The van der Waals surface area contributed by atoms with Crippen LogP contribution in [0, 0.1) is 12.1 Å². The maximum absolute atomic E-state index is 5.22. The Bertz CT molecular complexity index is 3820. The summed E-state index contributed by atoms with van der Waals surface area (Å²) >= 11 is 0. The first kappa shape index (κ1) is 45.6. The van der Waals surface area contributed by atoms with Crippen molar-refractivity contribution in [1.29, 1.82) is 0 Å². The average Bonchev–Trinajstić information content (AvgIpc) is 3.98. The molecule has 0 radical (unpaired) electrons. The molecule has 6 heteroatoms. The summed E-state index contributed by atoms with van der Waals surface area (Å²) in [5, 5.41) is 2.23. The van der Waals surface area contributed by atoms with Gasteiger partial charge in [0.05, 0.1) is 23.7 Å². The van der Waals surface area contributed by atoms with E-state index in [1.807, 2.05) is 6.20 Å². The average molecular weight is 1120 g/mol. The smallest absolute Gasteiger partial charge is 0.357 e. The second kappa shape index (κ2) is 19.6. The van der Waals surface area contributed by atoms with Crippen molar-refractivity contribution in [3.8, 4) is 50.3 Å². The number of pyridine rings is 1. The Balaban J connectivity index is 0.00000543. The molecule has 13 rings (SSSR count). The molecule has 0 bridgehead atoms. The SMILES string of the molecule is CN1CN(c2[c-]c(N(c3[c-]c4c(cc3)c3ccccc3n4-c3cc(-c4c(C5=CC=CCC5)cccc4-c4ccccc4)ccn3)c3c(-c4ccccc4)cccc3-c3ccccc3)ccc2)c2ccccc21.[Pt+2]. The second-order valence-electron chi connectivity index (χ2n) is 18.6. The van der Waals surface area contributed by atoms with E-state index in [-0.39, 0.29) is 21.1 Å². The van der Waals surface area contributed by atoms with Crippen LogP contribution in [0.2, 0.25) is 0 Å². The van der Waals surface area contributed by atoms with E-state index >= 15 is 0 Å². The van der Waals surface area contributed by atoms with Crippen LogP contribution in [-0.4, -0.2) is 23.3 Å². The summed E-state index contributed by atoms with van der Waals surface area (Å²) in [4.78, 5) is 12.2. The van der Waals surface area contributed by atoms with Gasteiger partial charge in [-0.15, -0.1) is 35.7 Å². The minimum absolute atomic E-state index is 0. The van der Waals surface area contributed by atoms with Crippen LogP contribution in [0.1, 0.15) is 18.4 Å². The van der Waals surface area contributed by atoms with Crippen LogP contribution in [-0.2, 0) is 21.1 Å². The fourth-order valence-electron chi connectivity index (χ4n) is 10.9. The van der Waals surface area contributed by atoms with Gasteiger partial charge in [-0.25, -0.2) is 4.98 Å². The van der Waals surface area contributed by atoms with Crippen LogP contribution in [0.4, 0.5) is 34.1 Å². The van der Waals surface area contributed by atoms with Crippen molar-refractivity contribution in [2.75, 3.05) is 28.4 Å². The van der Waals surface area contributed by atoms with E-state index in [1.165, 1.54) is 33.5 Å². The quantitative estimate of drug-likeness (QED) is 0.128. The third-order valence-electron chi connectivity index (χ3n) is 14.2. The van der Waals surface area contributed by atoms with E-state index < -0.39 is 0 Å². The van der Waals surface area contributed by atoms with Gasteiger partial charge in [-0.3, -0.25) is 0 Å². The number of benzene rings is 9. The van der Waals surface area contributed by atoms with Crippen LogP contribution in [0.5, 0.6) is 0 Å². The Morgan fingerprint density at radius 1 is 0.521 bits per heavy atom. The topological polar surface area (TPSA) is 27.5 Å².